The van der Waals surface area contributed by atoms with Gasteiger partial charge in [-0.2, -0.15) is 11.8 Å². The van der Waals surface area contributed by atoms with E-state index in [-0.39, 0.29) is 0 Å². The summed E-state index contributed by atoms with van der Waals surface area (Å²) in [7, 11) is 0. The Labute approximate surface area is 119 Å². The number of hydrogen-bond donors (Lipinski definition) is 1. The highest BCUT2D eigenvalue weighted by Gasteiger charge is 2.29. The van der Waals surface area contributed by atoms with E-state index in [9.17, 15) is 0 Å². The first kappa shape index (κ1) is 16.4. The standard InChI is InChI=1S/C16H33NS/c1-6-7-17-16(11-18-12(2)3)15-9-13(4)8-14(5)10-15/h12-17H,6-11H2,1-5H3. The van der Waals surface area contributed by atoms with E-state index >= 15 is 0 Å². The Balaban J connectivity index is 2.50. The highest BCUT2D eigenvalue weighted by molar-refractivity contribution is 7.99. The van der Waals surface area contributed by atoms with E-state index in [0.29, 0.717) is 0 Å². The van der Waals surface area contributed by atoms with Crippen molar-refractivity contribution in [2.75, 3.05) is 12.3 Å². The normalized spacial score (nSPS) is 30.7. The number of nitrogens with one attached hydrogen (secondary N) is 1. The first-order chi connectivity index (χ1) is 8.52. The maximum absolute atomic E-state index is 3.81. The molecule has 2 heteroatoms. The molecule has 3 atom stereocenters. The minimum Gasteiger partial charge on any atom is -0.313 e. The summed E-state index contributed by atoms with van der Waals surface area (Å²) in [5.74, 6) is 4.05. The Hall–Kier alpha value is 0.310. The Morgan fingerprint density at radius 2 is 1.72 bits per heavy atom. The highest BCUT2D eigenvalue weighted by Crippen LogP contribution is 2.35. The van der Waals surface area contributed by atoms with Crippen LogP contribution in [0.25, 0.3) is 0 Å². The SMILES string of the molecule is CCCNC(CSC(C)C)C1CC(C)CC(C)C1. The van der Waals surface area contributed by atoms with Crippen molar-refractivity contribution in [2.24, 2.45) is 17.8 Å². The molecular weight excluding hydrogens is 238 g/mol. The minimum atomic E-state index is 0.738. The van der Waals surface area contributed by atoms with Gasteiger partial charge in [-0.25, -0.2) is 0 Å². The van der Waals surface area contributed by atoms with Crippen molar-refractivity contribution in [2.45, 2.75) is 71.6 Å². The molecule has 0 saturated heterocycles. The van der Waals surface area contributed by atoms with Crippen LogP contribution in [0, 0.1) is 17.8 Å². The molecule has 1 saturated carbocycles. The zero-order valence-electron chi connectivity index (χ0n) is 13.0. The van der Waals surface area contributed by atoms with Crippen LogP contribution in [0.3, 0.4) is 0 Å². The van der Waals surface area contributed by atoms with Crippen LogP contribution in [0.5, 0.6) is 0 Å². The van der Waals surface area contributed by atoms with E-state index in [2.05, 4.69) is 51.7 Å². The summed E-state index contributed by atoms with van der Waals surface area (Å²) in [5, 5.41) is 4.57. The van der Waals surface area contributed by atoms with Crippen molar-refractivity contribution in [1.82, 2.24) is 5.32 Å². The second-order valence-corrected chi connectivity index (χ2v) is 8.23. The fourth-order valence-electron chi connectivity index (χ4n) is 3.33. The topological polar surface area (TPSA) is 12.0 Å². The molecule has 0 heterocycles. The first-order valence-electron chi connectivity index (χ1n) is 7.87. The molecule has 0 amide bonds. The third-order valence-corrected chi connectivity index (χ3v) is 5.27. The molecule has 0 radical (unpaired) electrons. The van der Waals surface area contributed by atoms with Gasteiger partial charge in [0.15, 0.2) is 0 Å². The molecule has 1 aliphatic rings. The summed E-state index contributed by atoms with van der Waals surface area (Å²) in [6.07, 6.45) is 5.56. The second kappa shape index (κ2) is 8.47. The van der Waals surface area contributed by atoms with Crippen LogP contribution in [0.4, 0.5) is 0 Å². The summed E-state index contributed by atoms with van der Waals surface area (Å²) in [6, 6.07) is 0.738. The lowest BCUT2D eigenvalue weighted by Gasteiger charge is -2.37. The summed E-state index contributed by atoms with van der Waals surface area (Å²) in [4.78, 5) is 0. The summed E-state index contributed by atoms with van der Waals surface area (Å²) in [5.41, 5.74) is 0. The minimum absolute atomic E-state index is 0.738. The lowest BCUT2D eigenvalue weighted by Crippen LogP contribution is -2.42. The Morgan fingerprint density at radius 3 is 2.22 bits per heavy atom. The average molecular weight is 272 g/mol. The van der Waals surface area contributed by atoms with E-state index in [4.69, 9.17) is 0 Å². The lowest BCUT2D eigenvalue weighted by molar-refractivity contribution is 0.184. The van der Waals surface area contributed by atoms with Gasteiger partial charge in [0.2, 0.25) is 0 Å². The van der Waals surface area contributed by atoms with Crippen LogP contribution in [0.15, 0.2) is 0 Å². The van der Waals surface area contributed by atoms with Gasteiger partial charge in [-0.15, -0.1) is 0 Å². The van der Waals surface area contributed by atoms with Crippen LogP contribution in [0.1, 0.15) is 60.3 Å². The van der Waals surface area contributed by atoms with Crippen LogP contribution in [0.2, 0.25) is 0 Å². The lowest BCUT2D eigenvalue weighted by atomic mass is 9.74. The Morgan fingerprint density at radius 1 is 1.11 bits per heavy atom. The average Bonchev–Trinajstić information content (AvgIpc) is 2.27. The smallest absolute Gasteiger partial charge is 0.0186 e. The largest absolute Gasteiger partial charge is 0.313 e. The van der Waals surface area contributed by atoms with Crippen LogP contribution in [-0.2, 0) is 0 Å². The summed E-state index contributed by atoms with van der Waals surface area (Å²) >= 11 is 2.12. The van der Waals surface area contributed by atoms with Crippen molar-refractivity contribution in [3.8, 4) is 0 Å². The van der Waals surface area contributed by atoms with Crippen molar-refractivity contribution < 1.29 is 0 Å². The fraction of sp³-hybridized carbons (Fsp3) is 1.00. The van der Waals surface area contributed by atoms with Gasteiger partial charge in [0.25, 0.3) is 0 Å². The van der Waals surface area contributed by atoms with Crippen molar-refractivity contribution in [1.29, 1.82) is 0 Å². The number of hydrogen-bond acceptors (Lipinski definition) is 2. The molecule has 0 aromatic carbocycles. The quantitative estimate of drug-likeness (QED) is 0.728. The molecule has 18 heavy (non-hydrogen) atoms. The molecule has 1 nitrogen and oxygen atoms in total. The van der Waals surface area contributed by atoms with Gasteiger partial charge < -0.3 is 5.32 Å². The molecule has 0 spiro atoms. The monoisotopic (exact) mass is 271 g/mol. The van der Waals surface area contributed by atoms with E-state index in [1.807, 2.05) is 0 Å². The molecule has 1 N–H and O–H groups in total. The van der Waals surface area contributed by atoms with Gasteiger partial charge in [-0.05, 0) is 55.2 Å². The van der Waals surface area contributed by atoms with Crippen molar-refractivity contribution in [3.63, 3.8) is 0 Å². The zero-order valence-corrected chi connectivity index (χ0v) is 13.9. The fourth-order valence-corrected chi connectivity index (χ4v) is 4.31. The van der Waals surface area contributed by atoms with E-state index < -0.39 is 0 Å². The Kier molecular flexibility index (Phi) is 7.70. The first-order valence-corrected chi connectivity index (χ1v) is 8.92. The van der Waals surface area contributed by atoms with Crippen LogP contribution in [-0.4, -0.2) is 23.6 Å². The van der Waals surface area contributed by atoms with Crippen molar-refractivity contribution in [3.05, 3.63) is 0 Å². The van der Waals surface area contributed by atoms with Gasteiger partial charge in [0.05, 0.1) is 0 Å². The third kappa shape index (κ3) is 5.97. The van der Waals surface area contributed by atoms with Gasteiger partial charge in [-0.1, -0.05) is 34.6 Å². The molecule has 1 fully saturated rings. The maximum Gasteiger partial charge on any atom is 0.0186 e. The van der Waals surface area contributed by atoms with Crippen LogP contribution >= 0.6 is 11.8 Å². The highest BCUT2D eigenvalue weighted by atomic mass is 32.2. The molecule has 3 unspecified atom stereocenters. The molecule has 1 rings (SSSR count). The molecular formula is C16H33NS. The number of thioether (sulfide) groups is 1. The third-order valence-electron chi connectivity index (χ3n) is 4.05. The summed E-state index contributed by atoms with van der Waals surface area (Å²) in [6.45, 7) is 13.0. The van der Waals surface area contributed by atoms with Gasteiger partial charge in [-0.3, -0.25) is 0 Å². The van der Waals surface area contributed by atoms with Crippen LogP contribution < -0.4 is 5.32 Å². The molecule has 108 valence electrons. The second-order valence-electron chi connectivity index (χ2n) is 6.62. The summed E-state index contributed by atoms with van der Waals surface area (Å²) < 4.78 is 0. The molecule has 0 bridgehead atoms. The molecule has 0 aliphatic heterocycles. The molecule has 1 aliphatic carbocycles. The van der Waals surface area contributed by atoms with Crippen molar-refractivity contribution >= 4 is 11.8 Å². The molecule has 0 aromatic heterocycles. The van der Waals surface area contributed by atoms with E-state index in [1.54, 1.807) is 0 Å². The number of rotatable bonds is 7. The van der Waals surface area contributed by atoms with E-state index in [1.165, 1.54) is 38.0 Å². The molecule has 0 aromatic rings. The predicted molar refractivity (Wildman–Crippen MR) is 85.3 cm³/mol. The van der Waals surface area contributed by atoms with Gasteiger partial charge in [0, 0.05) is 11.8 Å². The predicted octanol–water partition coefficient (Wildman–Crippen LogP) is 4.57. The van der Waals surface area contributed by atoms with E-state index in [0.717, 1.165) is 29.0 Å². The van der Waals surface area contributed by atoms with Gasteiger partial charge >= 0.3 is 0 Å². The maximum atomic E-state index is 3.81. The van der Waals surface area contributed by atoms with Gasteiger partial charge in [0.1, 0.15) is 0 Å². The Bertz CT molecular complexity index is 207. The zero-order chi connectivity index (χ0) is 13.5.